The molecule has 0 atom stereocenters. The minimum Gasteiger partial charge on any atom is -0.325 e. The van der Waals surface area contributed by atoms with E-state index in [-0.39, 0.29) is 5.91 Å². The smallest absolute Gasteiger partial charge is 0.238 e. The van der Waals surface area contributed by atoms with Gasteiger partial charge >= 0.3 is 0 Å². The predicted molar refractivity (Wildman–Crippen MR) is 88.8 cm³/mol. The maximum Gasteiger partial charge on any atom is 0.238 e. The van der Waals surface area contributed by atoms with Crippen LogP contribution in [0, 0.1) is 20.8 Å². The summed E-state index contributed by atoms with van der Waals surface area (Å²) in [5.74, 6) is -0.00552. The Labute approximate surface area is 131 Å². The third-order valence-corrected chi connectivity index (χ3v) is 3.70. The van der Waals surface area contributed by atoms with Gasteiger partial charge in [0.2, 0.25) is 5.91 Å². The lowest BCUT2D eigenvalue weighted by molar-refractivity contribution is -0.117. The van der Waals surface area contributed by atoms with Crippen molar-refractivity contribution in [2.45, 2.75) is 27.3 Å². The molecule has 1 amide bonds. The number of benzene rings is 1. The molecule has 1 heterocycles. The highest BCUT2D eigenvalue weighted by Crippen LogP contribution is 2.14. The van der Waals surface area contributed by atoms with E-state index in [9.17, 15) is 4.79 Å². The average Bonchev–Trinajstić information content (AvgIpc) is 2.69. The van der Waals surface area contributed by atoms with Crippen LogP contribution in [-0.4, -0.2) is 34.2 Å². The number of anilines is 1. The fourth-order valence-corrected chi connectivity index (χ4v) is 2.54. The normalized spacial score (nSPS) is 11.0. The number of carbonyl (C=O) groups is 1. The van der Waals surface area contributed by atoms with Crippen LogP contribution in [0.3, 0.4) is 0 Å². The van der Waals surface area contributed by atoms with Crippen molar-refractivity contribution in [1.82, 2.24) is 14.7 Å². The van der Waals surface area contributed by atoms with Crippen LogP contribution < -0.4 is 5.32 Å². The molecule has 1 N–H and O–H groups in total. The molecule has 118 valence electrons. The maximum absolute atomic E-state index is 12.2. The molecule has 0 saturated carbocycles. The SMILES string of the molecule is Cc1cc(C)cc(NC(=O)CN(C)Cc2cnn(C)c2C)c1. The van der Waals surface area contributed by atoms with Crippen LogP contribution in [0.15, 0.2) is 24.4 Å². The van der Waals surface area contributed by atoms with Crippen molar-refractivity contribution >= 4 is 11.6 Å². The first-order valence-corrected chi connectivity index (χ1v) is 7.39. The molecule has 0 saturated heterocycles. The molecule has 0 spiro atoms. The van der Waals surface area contributed by atoms with E-state index >= 15 is 0 Å². The number of nitrogens with one attached hydrogen (secondary N) is 1. The highest BCUT2D eigenvalue weighted by Gasteiger charge is 2.11. The molecule has 2 rings (SSSR count). The second-order valence-corrected chi connectivity index (χ2v) is 5.98. The van der Waals surface area contributed by atoms with E-state index in [1.165, 1.54) is 0 Å². The largest absolute Gasteiger partial charge is 0.325 e. The summed E-state index contributed by atoms with van der Waals surface area (Å²) >= 11 is 0. The summed E-state index contributed by atoms with van der Waals surface area (Å²) in [6, 6.07) is 6.05. The van der Waals surface area contributed by atoms with Crippen molar-refractivity contribution in [3.63, 3.8) is 0 Å². The molecule has 0 aliphatic rings. The fraction of sp³-hybridized carbons (Fsp3) is 0.412. The zero-order valence-corrected chi connectivity index (χ0v) is 14.0. The van der Waals surface area contributed by atoms with E-state index in [4.69, 9.17) is 0 Å². The van der Waals surface area contributed by atoms with Crippen molar-refractivity contribution in [3.8, 4) is 0 Å². The van der Waals surface area contributed by atoms with Crippen LogP contribution in [-0.2, 0) is 18.4 Å². The zero-order valence-electron chi connectivity index (χ0n) is 14.0. The third kappa shape index (κ3) is 4.18. The van der Waals surface area contributed by atoms with Gasteiger partial charge in [-0.15, -0.1) is 0 Å². The number of hydrogen-bond donors (Lipinski definition) is 1. The summed E-state index contributed by atoms with van der Waals surface area (Å²) in [5.41, 5.74) is 5.42. The first kappa shape index (κ1) is 16.2. The minimum absolute atomic E-state index is 0.00552. The summed E-state index contributed by atoms with van der Waals surface area (Å²) < 4.78 is 1.85. The zero-order chi connectivity index (χ0) is 16.3. The van der Waals surface area contributed by atoms with E-state index in [0.29, 0.717) is 13.1 Å². The number of rotatable bonds is 5. The first-order valence-electron chi connectivity index (χ1n) is 7.39. The van der Waals surface area contributed by atoms with Crippen molar-refractivity contribution in [3.05, 3.63) is 46.8 Å². The molecule has 22 heavy (non-hydrogen) atoms. The minimum atomic E-state index is -0.00552. The highest BCUT2D eigenvalue weighted by molar-refractivity contribution is 5.92. The molecule has 0 aliphatic carbocycles. The van der Waals surface area contributed by atoms with E-state index < -0.39 is 0 Å². The van der Waals surface area contributed by atoms with Crippen LogP contribution in [0.1, 0.15) is 22.4 Å². The third-order valence-electron chi connectivity index (χ3n) is 3.70. The molecular formula is C17H24N4O. The molecular weight excluding hydrogens is 276 g/mol. The van der Waals surface area contributed by atoms with E-state index in [2.05, 4.69) is 16.5 Å². The van der Waals surface area contributed by atoms with Crippen molar-refractivity contribution in [2.75, 3.05) is 18.9 Å². The molecule has 5 nitrogen and oxygen atoms in total. The molecule has 2 aromatic rings. The molecule has 0 bridgehead atoms. The van der Waals surface area contributed by atoms with Crippen molar-refractivity contribution in [1.29, 1.82) is 0 Å². The Morgan fingerprint density at radius 3 is 2.41 bits per heavy atom. The number of hydrogen-bond acceptors (Lipinski definition) is 3. The van der Waals surface area contributed by atoms with Gasteiger partial charge in [-0.2, -0.15) is 5.10 Å². The summed E-state index contributed by atoms with van der Waals surface area (Å²) in [5, 5.41) is 7.18. The van der Waals surface area contributed by atoms with Gasteiger partial charge in [-0.05, 0) is 51.1 Å². The Hall–Kier alpha value is -2.14. The summed E-state index contributed by atoms with van der Waals surface area (Å²) in [6.45, 7) is 7.15. The number of likely N-dealkylation sites (N-methyl/N-ethyl adjacent to an activating group) is 1. The number of amides is 1. The van der Waals surface area contributed by atoms with Gasteiger partial charge < -0.3 is 5.32 Å². The van der Waals surface area contributed by atoms with Gasteiger partial charge in [0.1, 0.15) is 0 Å². The van der Waals surface area contributed by atoms with Gasteiger partial charge in [0.15, 0.2) is 0 Å². The molecule has 0 aliphatic heterocycles. The van der Waals surface area contributed by atoms with Crippen molar-refractivity contribution < 1.29 is 4.79 Å². The summed E-state index contributed by atoms with van der Waals surface area (Å²) in [4.78, 5) is 14.1. The van der Waals surface area contributed by atoms with Gasteiger partial charge in [-0.25, -0.2) is 0 Å². The lowest BCUT2D eigenvalue weighted by Crippen LogP contribution is -2.30. The van der Waals surface area contributed by atoms with Gasteiger partial charge in [-0.1, -0.05) is 6.07 Å². The monoisotopic (exact) mass is 300 g/mol. The topological polar surface area (TPSA) is 50.2 Å². The van der Waals surface area contributed by atoms with Crippen LogP contribution >= 0.6 is 0 Å². The van der Waals surface area contributed by atoms with Crippen LogP contribution in [0.4, 0.5) is 5.69 Å². The lowest BCUT2D eigenvalue weighted by atomic mass is 10.1. The number of aryl methyl sites for hydroxylation is 3. The second-order valence-electron chi connectivity index (χ2n) is 5.98. The Morgan fingerprint density at radius 2 is 1.86 bits per heavy atom. The van der Waals surface area contributed by atoms with Gasteiger partial charge in [0, 0.05) is 30.5 Å². The maximum atomic E-state index is 12.2. The average molecular weight is 300 g/mol. The Bertz CT molecular complexity index is 655. The molecule has 1 aromatic heterocycles. The van der Waals surface area contributed by atoms with Gasteiger partial charge in [0.05, 0.1) is 12.7 Å². The molecule has 5 heteroatoms. The van der Waals surface area contributed by atoms with E-state index in [1.807, 2.05) is 62.8 Å². The van der Waals surface area contributed by atoms with Crippen LogP contribution in [0.2, 0.25) is 0 Å². The van der Waals surface area contributed by atoms with Crippen LogP contribution in [0.25, 0.3) is 0 Å². The van der Waals surface area contributed by atoms with Gasteiger partial charge in [0.25, 0.3) is 0 Å². The first-order chi connectivity index (χ1) is 10.3. The Balaban J connectivity index is 1.92. The lowest BCUT2D eigenvalue weighted by Gasteiger charge is -2.16. The Morgan fingerprint density at radius 1 is 1.23 bits per heavy atom. The molecule has 0 radical (unpaired) electrons. The van der Waals surface area contributed by atoms with E-state index in [0.717, 1.165) is 28.1 Å². The molecule has 0 fully saturated rings. The van der Waals surface area contributed by atoms with Gasteiger partial charge in [-0.3, -0.25) is 14.4 Å². The predicted octanol–water partition coefficient (Wildman–Crippen LogP) is 2.42. The van der Waals surface area contributed by atoms with E-state index in [1.54, 1.807) is 0 Å². The summed E-state index contributed by atoms with van der Waals surface area (Å²) in [7, 11) is 3.86. The molecule has 1 aromatic carbocycles. The van der Waals surface area contributed by atoms with Crippen molar-refractivity contribution in [2.24, 2.45) is 7.05 Å². The number of carbonyl (C=O) groups excluding carboxylic acids is 1. The van der Waals surface area contributed by atoms with Crippen LogP contribution in [0.5, 0.6) is 0 Å². The quantitative estimate of drug-likeness (QED) is 0.922. The molecule has 0 unspecified atom stereocenters. The fourth-order valence-electron chi connectivity index (χ4n) is 2.54. The second kappa shape index (κ2) is 6.75. The number of aromatic nitrogens is 2. The Kier molecular flexibility index (Phi) is 4.98. The highest BCUT2D eigenvalue weighted by atomic mass is 16.2. The summed E-state index contributed by atoms with van der Waals surface area (Å²) in [6.07, 6.45) is 1.85. The standard InChI is InChI=1S/C17H24N4O/c1-12-6-13(2)8-16(7-12)19-17(22)11-20(4)10-15-9-18-21(5)14(15)3/h6-9H,10-11H2,1-5H3,(H,19,22). The number of nitrogens with zero attached hydrogens (tertiary/aromatic N) is 3.